The molecule has 7 nitrogen and oxygen atoms in total. The quantitative estimate of drug-likeness (QED) is 0.669. The number of carbonyl (C=O) groups is 2. The zero-order valence-corrected chi connectivity index (χ0v) is 9.99. The minimum atomic E-state index is -1.14. The van der Waals surface area contributed by atoms with E-state index in [-0.39, 0.29) is 13.2 Å². The number of methoxy groups -OCH3 is 1. The van der Waals surface area contributed by atoms with E-state index in [1.807, 2.05) is 0 Å². The van der Waals surface area contributed by atoms with Gasteiger partial charge in [-0.25, -0.2) is 14.6 Å². The second-order valence-electron chi connectivity index (χ2n) is 3.10. The third-order valence-corrected chi connectivity index (χ3v) is 2.60. The Morgan fingerprint density at radius 1 is 1.65 bits per heavy atom. The molecule has 0 aliphatic carbocycles. The number of carboxylic acids is 1. The summed E-state index contributed by atoms with van der Waals surface area (Å²) >= 11 is 1.41. The van der Waals surface area contributed by atoms with Crippen molar-refractivity contribution < 1.29 is 19.4 Å². The van der Waals surface area contributed by atoms with Crippen LogP contribution in [0, 0.1) is 0 Å². The number of rotatable bonds is 6. The zero-order chi connectivity index (χ0) is 12.7. The number of ether oxygens (including phenoxy) is 1. The summed E-state index contributed by atoms with van der Waals surface area (Å²) in [6.07, 6.45) is 1.63. The normalized spacial score (nSPS) is 11.8. The minimum Gasteiger partial charge on any atom is -0.480 e. The highest BCUT2D eigenvalue weighted by molar-refractivity contribution is 7.09. The van der Waals surface area contributed by atoms with E-state index in [1.54, 1.807) is 11.6 Å². The molecule has 0 saturated heterocycles. The average Bonchev–Trinajstić information content (AvgIpc) is 2.78. The minimum absolute atomic E-state index is 0.0833. The van der Waals surface area contributed by atoms with E-state index in [9.17, 15) is 9.59 Å². The number of nitrogens with zero attached hydrogens (tertiary/aromatic N) is 1. The molecule has 1 heterocycles. The van der Waals surface area contributed by atoms with E-state index in [2.05, 4.69) is 20.4 Å². The molecule has 1 unspecified atom stereocenters. The first-order valence-electron chi connectivity index (χ1n) is 4.78. The Morgan fingerprint density at radius 3 is 2.94 bits per heavy atom. The van der Waals surface area contributed by atoms with Crippen LogP contribution in [0.25, 0.3) is 0 Å². The molecule has 3 N–H and O–H groups in total. The van der Waals surface area contributed by atoms with Gasteiger partial charge in [-0.1, -0.05) is 0 Å². The summed E-state index contributed by atoms with van der Waals surface area (Å²) in [7, 11) is 1.37. The maximum Gasteiger partial charge on any atom is 0.328 e. The Labute approximate surface area is 102 Å². The number of aromatic nitrogens is 1. The van der Waals surface area contributed by atoms with Gasteiger partial charge in [0.05, 0.1) is 13.2 Å². The summed E-state index contributed by atoms with van der Waals surface area (Å²) in [6.45, 7) is 0.183. The van der Waals surface area contributed by atoms with E-state index in [0.29, 0.717) is 0 Å². The molecule has 1 atom stereocenters. The Bertz CT molecular complexity index is 368. The van der Waals surface area contributed by atoms with Crippen molar-refractivity contribution in [2.45, 2.75) is 12.6 Å². The number of hydrogen-bond acceptors (Lipinski definition) is 5. The highest BCUT2D eigenvalue weighted by Crippen LogP contribution is 2.02. The fraction of sp³-hybridized carbons (Fsp3) is 0.444. The van der Waals surface area contributed by atoms with Crippen molar-refractivity contribution in [3.05, 3.63) is 16.6 Å². The van der Waals surface area contributed by atoms with Gasteiger partial charge in [-0.3, -0.25) is 0 Å². The summed E-state index contributed by atoms with van der Waals surface area (Å²) in [5.74, 6) is -1.14. The average molecular weight is 259 g/mol. The van der Waals surface area contributed by atoms with Gasteiger partial charge < -0.3 is 20.5 Å². The predicted molar refractivity (Wildman–Crippen MR) is 60.8 cm³/mol. The van der Waals surface area contributed by atoms with Gasteiger partial charge in [0.2, 0.25) is 0 Å². The number of thiazole rings is 1. The van der Waals surface area contributed by atoms with Crippen LogP contribution in [0.2, 0.25) is 0 Å². The third-order valence-electron chi connectivity index (χ3n) is 1.82. The van der Waals surface area contributed by atoms with Gasteiger partial charge in [-0.15, -0.1) is 11.3 Å². The molecule has 0 aromatic carbocycles. The number of amides is 2. The number of aliphatic carboxylic acids is 1. The van der Waals surface area contributed by atoms with Gasteiger partial charge in [0.25, 0.3) is 0 Å². The lowest BCUT2D eigenvalue weighted by Gasteiger charge is -2.13. The van der Waals surface area contributed by atoms with Crippen molar-refractivity contribution in [2.75, 3.05) is 13.7 Å². The van der Waals surface area contributed by atoms with Crippen LogP contribution >= 0.6 is 11.3 Å². The summed E-state index contributed by atoms with van der Waals surface area (Å²) in [4.78, 5) is 26.1. The largest absolute Gasteiger partial charge is 0.480 e. The highest BCUT2D eigenvalue weighted by atomic mass is 32.1. The number of carboxylic acid groups (broad SMARTS) is 1. The Morgan fingerprint density at radius 2 is 2.41 bits per heavy atom. The van der Waals surface area contributed by atoms with E-state index in [1.165, 1.54) is 18.4 Å². The van der Waals surface area contributed by atoms with Gasteiger partial charge >= 0.3 is 12.0 Å². The first-order chi connectivity index (χ1) is 8.13. The molecule has 94 valence electrons. The van der Waals surface area contributed by atoms with Crippen LogP contribution in [0.15, 0.2) is 11.6 Å². The second-order valence-corrected chi connectivity index (χ2v) is 4.08. The van der Waals surface area contributed by atoms with Gasteiger partial charge in [0.15, 0.2) is 6.04 Å². The van der Waals surface area contributed by atoms with Crippen LogP contribution in [0.5, 0.6) is 0 Å². The number of carbonyl (C=O) groups excluding carboxylic acids is 1. The van der Waals surface area contributed by atoms with Gasteiger partial charge in [0, 0.05) is 18.7 Å². The summed E-state index contributed by atoms with van der Waals surface area (Å²) < 4.78 is 4.68. The number of urea groups is 1. The van der Waals surface area contributed by atoms with E-state index in [0.717, 1.165) is 5.01 Å². The molecule has 1 aromatic rings. The zero-order valence-electron chi connectivity index (χ0n) is 9.17. The molecule has 0 fully saturated rings. The van der Waals surface area contributed by atoms with Crippen LogP contribution in [0.4, 0.5) is 4.79 Å². The molecule has 1 aromatic heterocycles. The van der Waals surface area contributed by atoms with E-state index < -0.39 is 18.0 Å². The summed E-state index contributed by atoms with van der Waals surface area (Å²) in [6, 6.07) is -1.62. The van der Waals surface area contributed by atoms with Crippen molar-refractivity contribution >= 4 is 23.3 Å². The fourth-order valence-electron chi connectivity index (χ4n) is 1.05. The Hall–Kier alpha value is -1.67. The molecule has 0 saturated carbocycles. The summed E-state index contributed by atoms with van der Waals surface area (Å²) in [5, 5.41) is 16.1. The molecule has 2 amide bonds. The first-order valence-corrected chi connectivity index (χ1v) is 5.66. The van der Waals surface area contributed by atoms with Crippen LogP contribution in [-0.2, 0) is 16.1 Å². The Balaban J connectivity index is 2.34. The number of nitrogens with one attached hydrogen (secondary N) is 2. The van der Waals surface area contributed by atoms with Crippen LogP contribution in [-0.4, -0.2) is 41.8 Å². The van der Waals surface area contributed by atoms with Crippen LogP contribution in [0.1, 0.15) is 5.01 Å². The second kappa shape index (κ2) is 6.81. The smallest absolute Gasteiger partial charge is 0.328 e. The Kier molecular flexibility index (Phi) is 5.37. The predicted octanol–water partition coefficient (Wildman–Crippen LogP) is 0.0419. The number of hydrogen-bond donors (Lipinski definition) is 3. The third kappa shape index (κ3) is 4.79. The molecule has 0 aliphatic heterocycles. The first kappa shape index (κ1) is 13.4. The lowest BCUT2D eigenvalue weighted by molar-refractivity contribution is -0.140. The topological polar surface area (TPSA) is 101 Å². The molecule has 1 rings (SSSR count). The van der Waals surface area contributed by atoms with Crippen LogP contribution in [0.3, 0.4) is 0 Å². The summed E-state index contributed by atoms with van der Waals surface area (Å²) in [5.41, 5.74) is 0. The molecular weight excluding hydrogens is 246 g/mol. The maximum absolute atomic E-state index is 11.4. The molecule has 17 heavy (non-hydrogen) atoms. The van der Waals surface area contributed by atoms with Gasteiger partial charge in [0.1, 0.15) is 5.01 Å². The van der Waals surface area contributed by atoms with Crippen molar-refractivity contribution in [3.63, 3.8) is 0 Å². The van der Waals surface area contributed by atoms with Crippen molar-refractivity contribution in [2.24, 2.45) is 0 Å². The monoisotopic (exact) mass is 259 g/mol. The van der Waals surface area contributed by atoms with Crippen LogP contribution < -0.4 is 10.6 Å². The van der Waals surface area contributed by atoms with E-state index >= 15 is 0 Å². The molecule has 0 aliphatic rings. The molecule has 0 radical (unpaired) electrons. The lowest BCUT2D eigenvalue weighted by Crippen LogP contribution is -2.48. The molecule has 0 spiro atoms. The standard InChI is InChI=1S/C9H13N3O4S/c1-16-5-6(8(13)14)12-9(15)11-4-7-10-2-3-17-7/h2-3,6H,4-5H2,1H3,(H,13,14)(H2,11,12,15). The molecule has 0 bridgehead atoms. The SMILES string of the molecule is COCC(NC(=O)NCc1nccs1)C(=O)O. The van der Waals surface area contributed by atoms with Crippen molar-refractivity contribution in [1.82, 2.24) is 15.6 Å². The van der Waals surface area contributed by atoms with Crippen molar-refractivity contribution in [1.29, 1.82) is 0 Å². The molecular formula is C9H13N3O4S. The maximum atomic E-state index is 11.4. The van der Waals surface area contributed by atoms with Crippen molar-refractivity contribution in [3.8, 4) is 0 Å². The van der Waals surface area contributed by atoms with Gasteiger partial charge in [-0.2, -0.15) is 0 Å². The highest BCUT2D eigenvalue weighted by Gasteiger charge is 2.19. The van der Waals surface area contributed by atoms with E-state index in [4.69, 9.17) is 5.11 Å². The molecule has 8 heteroatoms. The van der Waals surface area contributed by atoms with Gasteiger partial charge in [-0.05, 0) is 0 Å². The fourth-order valence-corrected chi connectivity index (χ4v) is 1.60. The lowest BCUT2D eigenvalue weighted by atomic mass is 10.3.